The summed E-state index contributed by atoms with van der Waals surface area (Å²) >= 11 is 0. The summed E-state index contributed by atoms with van der Waals surface area (Å²) in [6.07, 6.45) is 0. The maximum absolute atomic E-state index is 11.9. The molecule has 0 aromatic carbocycles. The summed E-state index contributed by atoms with van der Waals surface area (Å²) in [5.41, 5.74) is 3.46. The predicted octanol–water partition coefficient (Wildman–Crippen LogP) is -0.443. The standard InChI is InChI=1S/C13H23N5O/c1-9-11(10(2)17(4)16-9)8-18-6-5-15-7-12(18)13(19)14-3/h12,15H,5-8H2,1-4H3,(H,14,19). The number of likely N-dealkylation sites (N-methyl/N-ethyl adjacent to an activating group) is 1. The molecule has 1 aromatic rings. The molecule has 1 aliphatic rings. The van der Waals surface area contributed by atoms with E-state index in [9.17, 15) is 4.79 Å². The highest BCUT2D eigenvalue weighted by Crippen LogP contribution is 2.17. The molecule has 1 amide bonds. The van der Waals surface area contributed by atoms with Crippen LogP contribution in [-0.2, 0) is 18.4 Å². The zero-order valence-corrected chi connectivity index (χ0v) is 12.2. The van der Waals surface area contributed by atoms with Gasteiger partial charge in [0.2, 0.25) is 5.91 Å². The Balaban J connectivity index is 2.17. The Bertz CT molecular complexity index is 468. The summed E-state index contributed by atoms with van der Waals surface area (Å²) in [6, 6.07) is -0.0993. The molecule has 1 aromatic heterocycles. The van der Waals surface area contributed by atoms with Crippen molar-refractivity contribution < 1.29 is 4.79 Å². The van der Waals surface area contributed by atoms with Crippen LogP contribution in [-0.4, -0.2) is 53.3 Å². The first kappa shape index (κ1) is 14.0. The molecule has 0 spiro atoms. The quantitative estimate of drug-likeness (QED) is 0.777. The smallest absolute Gasteiger partial charge is 0.238 e. The van der Waals surface area contributed by atoms with Crippen molar-refractivity contribution in [2.75, 3.05) is 26.7 Å². The maximum atomic E-state index is 11.9. The Morgan fingerprint density at radius 3 is 2.84 bits per heavy atom. The fraction of sp³-hybridized carbons (Fsp3) is 0.692. The fourth-order valence-corrected chi connectivity index (χ4v) is 2.61. The van der Waals surface area contributed by atoms with Gasteiger partial charge in [0.05, 0.1) is 5.69 Å². The predicted molar refractivity (Wildman–Crippen MR) is 73.8 cm³/mol. The zero-order valence-electron chi connectivity index (χ0n) is 12.2. The highest BCUT2D eigenvalue weighted by atomic mass is 16.2. The van der Waals surface area contributed by atoms with Crippen molar-refractivity contribution >= 4 is 5.91 Å². The minimum atomic E-state index is -0.0993. The summed E-state index contributed by atoms with van der Waals surface area (Å²) in [7, 11) is 3.65. The Labute approximate surface area is 114 Å². The lowest BCUT2D eigenvalue weighted by Crippen LogP contribution is -2.57. The van der Waals surface area contributed by atoms with Gasteiger partial charge >= 0.3 is 0 Å². The molecule has 6 heteroatoms. The number of nitrogens with one attached hydrogen (secondary N) is 2. The molecule has 106 valence electrons. The number of rotatable bonds is 3. The lowest BCUT2D eigenvalue weighted by molar-refractivity contribution is -0.126. The van der Waals surface area contributed by atoms with Crippen LogP contribution in [0.3, 0.4) is 0 Å². The second-order valence-corrected chi connectivity index (χ2v) is 5.08. The number of carbonyl (C=O) groups excluding carboxylic acids is 1. The number of aryl methyl sites for hydroxylation is 2. The first-order valence-electron chi connectivity index (χ1n) is 6.70. The van der Waals surface area contributed by atoms with Crippen molar-refractivity contribution in [1.29, 1.82) is 0 Å². The largest absolute Gasteiger partial charge is 0.358 e. The van der Waals surface area contributed by atoms with E-state index in [0.717, 1.165) is 25.3 Å². The first-order valence-corrected chi connectivity index (χ1v) is 6.70. The normalized spacial score (nSPS) is 20.5. The SMILES string of the molecule is CNC(=O)C1CNCCN1Cc1c(C)nn(C)c1C. The van der Waals surface area contributed by atoms with E-state index in [1.165, 1.54) is 11.3 Å². The van der Waals surface area contributed by atoms with Crippen LogP contribution in [0.25, 0.3) is 0 Å². The Morgan fingerprint density at radius 2 is 2.26 bits per heavy atom. The third-order valence-corrected chi connectivity index (χ3v) is 3.92. The van der Waals surface area contributed by atoms with E-state index in [1.807, 2.05) is 18.7 Å². The van der Waals surface area contributed by atoms with E-state index in [4.69, 9.17) is 0 Å². The van der Waals surface area contributed by atoms with Gasteiger partial charge in [0, 0.05) is 51.5 Å². The van der Waals surface area contributed by atoms with Crippen molar-refractivity contribution in [3.05, 3.63) is 17.0 Å². The van der Waals surface area contributed by atoms with E-state index >= 15 is 0 Å². The number of hydrogen-bond acceptors (Lipinski definition) is 4. The number of hydrogen-bond donors (Lipinski definition) is 2. The number of piperazine rings is 1. The van der Waals surface area contributed by atoms with Gasteiger partial charge in [-0.25, -0.2) is 0 Å². The Morgan fingerprint density at radius 1 is 1.53 bits per heavy atom. The van der Waals surface area contributed by atoms with Gasteiger partial charge in [0.25, 0.3) is 0 Å². The highest BCUT2D eigenvalue weighted by Gasteiger charge is 2.29. The van der Waals surface area contributed by atoms with Crippen molar-refractivity contribution in [3.8, 4) is 0 Å². The minimum Gasteiger partial charge on any atom is -0.358 e. The molecular formula is C13H23N5O. The molecule has 19 heavy (non-hydrogen) atoms. The highest BCUT2D eigenvalue weighted by molar-refractivity contribution is 5.81. The molecule has 2 N–H and O–H groups in total. The Hall–Kier alpha value is -1.40. The number of amides is 1. The Kier molecular flexibility index (Phi) is 4.21. The van der Waals surface area contributed by atoms with Crippen LogP contribution >= 0.6 is 0 Å². The fourth-order valence-electron chi connectivity index (χ4n) is 2.61. The molecule has 1 fully saturated rings. The van der Waals surface area contributed by atoms with E-state index in [-0.39, 0.29) is 11.9 Å². The summed E-state index contributed by atoms with van der Waals surface area (Å²) in [5.74, 6) is 0.0754. The topological polar surface area (TPSA) is 62.2 Å². The molecule has 2 heterocycles. The van der Waals surface area contributed by atoms with E-state index in [0.29, 0.717) is 6.54 Å². The molecule has 0 aliphatic carbocycles. The second kappa shape index (κ2) is 5.71. The van der Waals surface area contributed by atoms with Crippen LogP contribution in [0.4, 0.5) is 0 Å². The zero-order chi connectivity index (χ0) is 14.0. The van der Waals surface area contributed by atoms with Gasteiger partial charge in [0.1, 0.15) is 6.04 Å². The summed E-state index contributed by atoms with van der Waals surface area (Å²) < 4.78 is 1.90. The summed E-state index contributed by atoms with van der Waals surface area (Å²) in [4.78, 5) is 14.2. The van der Waals surface area contributed by atoms with Crippen molar-refractivity contribution in [2.45, 2.75) is 26.4 Å². The van der Waals surface area contributed by atoms with Gasteiger partial charge in [-0.15, -0.1) is 0 Å². The van der Waals surface area contributed by atoms with Crippen LogP contribution in [0.5, 0.6) is 0 Å². The van der Waals surface area contributed by atoms with Gasteiger partial charge in [-0.3, -0.25) is 14.4 Å². The lowest BCUT2D eigenvalue weighted by Gasteiger charge is -2.34. The van der Waals surface area contributed by atoms with Crippen LogP contribution in [0.1, 0.15) is 17.0 Å². The molecule has 0 radical (unpaired) electrons. The third-order valence-electron chi connectivity index (χ3n) is 3.92. The third kappa shape index (κ3) is 2.79. The van der Waals surface area contributed by atoms with Crippen LogP contribution in [0.15, 0.2) is 0 Å². The molecule has 0 bridgehead atoms. The number of carbonyl (C=O) groups is 1. The van der Waals surface area contributed by atoms with Gasteiger partial charge in [-0.05, 0) is 13.8 Å². The van der Waals surface area contributed by atoms with Gasteiger partial charge in [-0.2, -0.15) is 5.10 Å². The van der Waals surface area contributed by atoms with E-state index in [1.54, 1.807) is 7.05 Å². The van der Waals surface area contributed by atoms with Crippen LogP contribution < -0.4 is 10.6 Å². The van der Waals surface area contributed by atoms with Gasteiger partial charge in [-0.1, -0.05) is 0 Å². The average molecular weight is 265 g/mol. The lowest BCUT2D eigenvalue weighted by atomic mass is 10.1. The number of nitrogens with zero attached hydrogens (tertiary/aromatic N) is 3. The number of aromatic nitrogens is 2. The molecule has 1 saturated heterocycles. The summed E-state index contributed by atoms with van der Waals surface area (Å²) in [5, 5.41) is 10.5. The molecular weight excluding hydrogens is 242 g/mol. The van der Waals surface area contributed by atoms with E-state index in [2.05, 4.69) is 27.6 Å². The van der Waals surface area contributed by atoms with Gasteiger partial charge in [0.15, 0.2) is 0 Å². The van der Waals surface area contributed by atoms with Crippen molar-refractivity contribution in [1.82, 2.24) is 25.3 Å². The average Bonchev–Trinajstić information content (AvgIpc) is 2.65. The molecule has 1 unspecified atom stereocenters. The monoisotopic (exact) mass is 265 g/mol. The molecule has 1 aliphatic heterocycles. The molecule has 0 saturated carbocycles. The van der Waals surface area contributed by atoms with Crippen molar-refractivity contribution in [3.63, 3.8) is 0 Å². The van der Waals surface area contributed by atoms with Crippen LogP contribution in [0.2, 0.25) is 0 Å². The minimum absolute atomic E-state index is 0.0754. The van der Waals surface area contributed by atoms with E-state index < -0.39 is 0 Å². The second-order valence-electron chi connectivity index (χ2n) is 5.08. The van der Waals surface area contributed by atoms with Crippen molar-refractivity contribution in [2.24, 2.45) is 7.05 Å². The molecule has 2 rings (SSSR count). The molecule has 6 nitrogen and oxygen atoms in total. The van der Waals surface area contributed by atoms with Gasteiger partial charge < -0.3 is 10.6 Å². The summed E-state index contributed by atoms with van der Waals surface area (Å²) in [6.45, 7) is 7.40. The maximum Gasteiger partial charge on any atom is 0.238 e. The molecule has 1 atom stereocenters. The first-order chi connectivity index (χ1) is 9.04. The van der Waals surface area contributed by atoms with Crippen LogP contribution in [0, 0.1) is 13.8 Å².